The highest BCUT2D eigenvalue weighted by Gasteiger charge is 2.15. The molecular weight excluding hydrogens is 243 g/mol. The average Bonchev–Trinajstić information content (AvgIpc) is 2.40. The third kappa shape index (κ3) is 2.74. The molecule has 2 aromatic rings. The van der Waals surface area contributed by atoms with Gasteiger partial charge >= 0.3 is 0 Å². The van der Waals surface area contributed by atoms with Crippen LogP contribution in [0.3, 0.4) is 0 Å². The third-order valence-corrected chi connectivity index (χ3v) is 1.84. The highest BCUT2D eigenvalue weighted by Crippen LogP contribution is 2.22. The Morgan fingerprint density at radius 2 is 1.41 bits per heavy atom. The summed E-state index contributed by atoms with van der Waals surface area (Å²) in [5.74, 6) is -4.00. The molecule has 0 N–H and O–H groups in total. The van der Waals surface area contributed by atoms with Crippen molar-refractivity contribution in [1.82, 2.24) is 9.97 Å². The Morgan fingerprint density at radius 3 is 2.00 bits per heavy atom. The largest absolute Gasteiger partial charge is 0.236 e. The molecule has 0 spiro atoms. The van der Waals surface area contributed by atoms with Gasteiger partial charge in [-0.15, -0.1) is 0 Å². The summed E-state index contributed by atoms with van der Waals surface area (Å²) >= 11 is 0. The summed E-state index contributed by atoms with van der Waals surface area (Å²) in [4.78, 5) is 7.48. The summed E-state index contributed by atoms with van der Waals surface area (Å²) in [6.07, 6.45) is 2.78. The Labute approximate surface area is 92.6 Å². The topological polar surface area (TPSA) is 25.8 Å². The van der Waals surface area contributed by atoms with E-state index in [0.29, 0.717) is 0 Å². The van der Waals surface area contributed by atoms with Gasteiger partial charge in [0.15, 0.2) is 23.3 Å². The van der Waals surface area contributed by atoms with Crippen molar-refractivity contribution >= 4 is 0 Å². The van der Waals surface area contributed by atoms with Crippen LogP contribution < -0.4 is 0 Å². The Bertz CT molecular complexity index is 490. The number of rotatable bonds is 1. The van der Waals surface area contributed by atoms with Crippen molar-refractivity contribution in [1.29, 1.82) is 0 Å². The van der Waals surface area contributed by atoms with Gasteiger partial charge in [0, 0.05) is 21.5 Å². The van der Waals surface area contributed by atoms with E-state index in [1.807, 2.05) is 0 Å². The zero-order valence-electron chi connectivity index (χ0n) is 8.17. The minimum absolute atomic E-state index is 0.0221. The number of benzene rings is 1. The quantitative estimate of drug-likeness (QED) is 0.571. The summed E-state index contributed by atoms with van der Waals surface area (Å²) in [6, 6.07) is 3.48. The molecule has 1 aromatic heterocycles. The van der Waals surface area contributed by atoms with E-state index in [9.17, 15) is 13.2 Å². The molecule has 0 saturated heterocycles. The van der Waals surface area contributed by atoms with Crippen LogP contribution >= 0.6 is 0 Å². The number of hydrogen-bond acceptors (Lipinski definition) is 2. The van der Waals surface area contributed by atoms with E-state index in [-0.39, 0.29) is 11.4 Å². The number of nitrogens with zero attached hydrogens (tertiary/aromatic N) is 2. The van der Waals surface area contributed by atoms with E-state index in [1.165, 1.54) is 12.4 Å². The van der Waals surface area contributed by atoms with Gasteiger partial charge in [0.2, 0.25) is 0 Å². The lowest BCUT2D eigenvalue weighted by Gasteiger charge is -2.02. The smallest absolute Gasteiger partial charge is 0.195 e. The van der Waals surface area contributed by atoms with Crippen molar-refractivity contribution in [2.24, 2.45) is 0 Å². The Hall–Kier alpha value is -2.05. The monoisotopic (exact) mass is 248 g/mol. The lowest BCUT2D eigenvalue weighted by atomic mass is 10.2. The number of hydrogen-bond donors (Lipinski definition) is 0. The first-order chi connectivity index (χ1) is 8.20. The molecule has 0 amide bonds. The van der Waals surface area contributed by atoms with Gasteiger partial charge in [-0.25, -0.2) is 23.1 Å². The van der Waals surface area contributed by atoms with Gasteiger partial charge in [0.1, 0.15) is 0 Å². The Balaban J connectivity index is 0.000000686. The Kier molecular flexibility index (Phi) is 4.50. The highest BCUT2D eigenvalue weighted by atomic mass is 20.0. The lowest BCUT2D eigenvalue weighted by Crippen LogP contribution is -1.96. The van der Waals surface area contributed by atoms with Crippen LogP contribution in [0.25, 0.3) is 11.4 Å². The first-order valence-corrected chi connectivity index (χ1v) is 4.25. The van der Waals surface area contributed by atoms with E-state index in [4.69, 9.17) is 9.15 Å². The molecular formula is C10H5F5N2. The zero-order chi connectivity index (χ0) is 12.8. The van der Waals surface area contributed by atoms with Gasteiger partial charge in [-0.2, -0.15) is 0 Å². The molecule has 0 radical (unpaired) electrons. The molecule has 0 saturated carbocycles. The molecule has 1 heterocycles. The van der Waals surface area contributed by atoms with Crippen molar-refractivity contribution in [2.75, 3.05) is 0 Å². The molecule has 2 nitrogen and oxygen atoms in total. The maximum atomic E-state index is 13.3. The third-order valence-electron chi connectivity index (χ3n) is 1.84. The van der Waals surface area contributed by atoms with Crippen LogP contribution in [0.4, 0.5) is 22.3 Å². The van der Waals surface area contributed by atoms with E-state index in [0.717, 1.165) is 12.1 Å². The zero-order valence-corrected chi connectivity index (χ0v) is 8.17. The fraction of sp³-hybridized carbons (Fsp3) is 0. The van der Waals surface area contributed by atoms with E-state index < -0.39 is 17.5 Å². The number of aromatic nitrogens is 2. The molecule has 0 aliphatic heterocycles. The van der Waals surface area contributed by atoms with Crippen LogP contribution in [0.1, 0.15) is 0 Å². The molecule has 0 aliphatic carbocycles. The van der Waals surface area contributed by atoms with E-state index in [2.05, 4.69) is 9.97 Å². The fourth-order valence-corrected chi connectivity index (χ4v) is 1.14. The van der Waals surface area contributed by atoms with Gasteiger partial charge in [-0.05, 0) is 18.2 Å². The molecule has 0 unspecified atom stereocenters. The first-order valence-electron chi connectivity index (χ1n) is 4.25. The minimum atomic E-state index is -1.51. The van der Waals surface area contributed by atoms with Crippen LogP contribution in [0.15, 0.2) is 30.6 Å². The average molecular weight is 248 g/mol. The molecule has 17 heavy (non-hydrogen) atoms. The maximum absolute atomic E-state index is 13.3. The summed E-state index contributed by atoms with van der Waals surface area (Å²) < 4.78 is 54.7. The van der Waals surface area contributed by atoms with Crippen molar-refractivity contribution in [2.45, 2.75) is 0 Å². The summed E-state index contributed by atoms with van der Waals surface area (Å²) in [5, 5.41) is 0. The molecule has 2 rings (SSSR count). The second-order valence-electron chi connectivity index (χ2n) is 2.80. The van der Waals surface area contributed by atoms with Crippen molar-refractivity contribution < 1.29 is 22.3 Å². The fourth-order valence-electron chi connectivity index (χ4n) is 1.14. The predicted molar refractivity (Wildman–Crippen MR) is 49.6 cm³/mol. The summed E-state index contributed by atoms with van der Waals surface area (Å²) in [7, 11) is 0. The normalized spacial score (nSPS) is 9.47. The standard InChI is InChI=1S/C10H5F3N2.F2/c11-7-3-2-6(8(12)9(7)13)10-14-4-1-5-15-10;1-2/h1-5H;. The van der Waals surface area contributed by atoms with Crippen LogP contribution in [0, 0.1) is 17.5 Å². The van der Waals surface area contributed by atoms with Crippen LogP contribution in [0.2, 0.25) is 0 Å². The maximum Gasteiger partial charge on any atom is 0.195 e. The molecule has 90 valence electrons. The lowest BCUT2D eigenvalue weighted by molar-refractivity contribution is 0.108. The van der Waals surface area contributed by atoms with Crippen molar-refractivity contribution in [3.63, 3.8) is 0 Å². The van der Waals surface area contributed by atoms with Crippen molar-refractivity contribution in [3.05, 3.63) is 48.0 Å². The molecule has 0 atom stereocenters. The second-order valence-corrected chi connectivity index (χ2v) is 2.80. The van der Waals surface area contributed by atoms with E-state index in [1.54, 1.807) is 6.07 Å². The summed E-state index contributed by atoms with van der Waals surface area (Å²) in [6.45, 7) is 0. The van der Waals surface area contributed by atoms with E-state index >= 15 is 0 Å². The van der Waals surface area contributed by atoms with Crippen LogP contribution in [0.5, 0.6) is 0 Å². The molecule has 7 heteroatoms. The van der Waals surface area contributed by atoms with Gasteiger partial charge in [0.05, 0.1) is 5.56 Å². The van der Waals surface area contributed by atoms with Gasteiger partial charge < -0.3 is 0 Å². The Morgan fingerprint density at radius 1 is 0.824 bits per heavy atom. The number of halogens is 5. The minimum Gasteiger partial charge on any atom is -0.236 e. The van der Waals surface area contributed by atoms with Gasteiger partial charge in [-0.3, -0.25) is 0 Å². The predicted octanol–water partition coefficient (Wildman–Crippen LogP) is 3.40. The summed E-state index contributed by atoms with van der Waals surface area (Å²) in [5.41, 5.74) is -0.158. The molecule has 1 aromatic carbocycles. The second kappa shape index (κ2) is 5.88. The molecule has 0 fully saturated rings. The van der Waals surface area contributed by atoms with Gasteiger partial charge in [0.25, 0.3) is 0 Å². The van der Waals surface area contributed by atoms with Crippen LogP contribution in [-0.4, -0.2) is 9.97 Å². The van der Waals surface area contributed by atoms with Crippen LogP contribution in [-0.2, 0) is 0 Å². The highest BCUT2D eigenvalue weighted by molar-refractivity contribution is 5.55. The SMILES string of the molecule is FF.Fc1ccc(-c2ncccn2)c(F)c1F. The van der Waals surface area contributed by atoms with Crippen molar-refractivity contribution in [3.8, 4) is 11.4 Å². The molecule has 0 aliphatic rings. The first kappa shape index (κ1) is 13.0. The van der Waals surface area contributed by atoms with Gasteiger partial charge in [-0.1, -0.05) is 0 Å². The molecule has 0 bridgehead atoms.